The third kappa shape index (κ3) is 3.19. The van der Waals surface area contributed by atoms with Crippen molar-refractivity contribution in [2.24, 2.45) is 0 Å². The van der Waals surface area contributed by atoms with Crippen LogP contribution in [0.2, 0.25) is 0 Å². The number of nitrogens with two attached hydrogens (primary N) is 1. The molecule has 1 aromatic carbocycles. The number of hydrogen-bond donors (Lipinski definition) is 3. The Hall–Kier alpha value is -2.70. The van der Waals surface area contributed by atoms with Crippen LogP contribution in [-0.2, 0) is 11.3 Å². The van der Waals surface area contributed by atoms with Gasteiger partial charge < -0.3 is 25.3 Å². The van der Waals surface area contributed by atoms with Gasteiger partial charge in [-0.2, -0.15) is 4.98 Å². The van der Waals surface area contributed by atoms with Gasteiger partial charge in [0.1, 0.15) is 12.0 Å². The fraction of sp³-hybridized carbons (Fsp3) is 0.231. The van der Waals surface area contributed by atoms with E-state index in [1.54, 1.807) is 19.1 Å². The van der Waals surface area contributed by atoms with E-state index in [4.69, 9.17) is 14.9 Å². The highest BCUT2D eigenvalue weighted by molar-refractivity contribution is 5.87. The van der Waals surface area contributed by atoms with E-state index in [-0.39, 0.29) is 30.6 Å². The lowest BCUT2D eigenvalue weighted by molar-refractivity contribution is 0.0519. The number of carbonyl (C=O) groups excluding carboxylic acids is 1. The molecule has 106 valence electrons. The second kappa shape index (κ2) is 5.96. The first kappa shape index (κ1) is 13.7. The third-order valence-corrected chi connectivity index (χ3v) is 2.52. The van der Waals surface area contributed by atoms with Crippen LogP contribution in [0.4, 0.5) is 11.7 Å². The van der Waals surface area contributed by atoms with E-state index in [2.05, 4.69) is 10.3 Å². The highest BCUT2D eigenvalue weighted by Crippen LogP contribution is 2.21. The number of rotatable bonds is 5. The Morgan fingerprint density at radius 2 is 2.35 bits per heavy atom. The van der Waals surface area contributed by atoms with E-state index >= 15 is 0 Å². The maximum Gasteiger partial charge on any atom is 0.360 e. The van der Waals surface area contributed by atoms with Gasteiger partial charge in [0.2, 0.25) is 0 Å². The summed E-state index contributed by atoms with van der Waals surface area (Å²) in [4.78, 5) is 15.3. The third-order valence-electron chi connectivity index (χ3n) is 2.52. The molecule has 0 aliphatic carbocycles. The van der Waals surface area contributed by atoms with E-state index in [0.29, 0.717) is 11.3 Å². The van der Waals surface area contributed by atoms with Crippen LogP contribution >= 0.6 is 0 Å². The van der Waals surface area contributed by atoms with Crippen molar-refractivity contribution in [2.75, 3.05) is 17.7 Å². The Kier molecular flexibility index (Phi) is 4.09. The molecule has 7 nitrogen and oxygen atoms in total. The van der Waals surface area contributed by atoms with Gasteiger partial charge in [-0.25, -0.2) is 4.79 Å². The van der Waals surface area contributed by atoms with Gasteiger partial charge in [-0.1, -0.05) is 0 Å². The summed E-state index contributed by atoms with van der Waals surface area (Å²) in [7, 11) is 0. The predicted molar refractivity (Wildman–Crippen MR) is 72.3 cm³/mol. The normalized spacial score (nSPS) is 10.2. The van der Waals surface area contributed by atoms with Crippen LogP contribution in [-0.4, -0.2) is 22.7 Å². The molecular weight excluding hydrogens is 262 g/mol. The number of aromatic hydroxyl groups is 1. The summed E-state index contributed by atoms with van der Waals surface area (Å²) >= 11 is 0. The molecule has 20 heavy (non-hydrogen) atoms. The molecule has 0 bridgehead atoms. The lowest BCUT2D eigenvalue weighted by atomic mass is 10.2. The van der Waals surface area contributed by atoms with Crippen LogP contribution < -0.4 is 11.1 Å². The Morgan fingerprint density at radius 3 is 3.10 bits per heavy atom. The van der Waals surface area contributed by atoms with Crippen LogP contribution in [0.5, 0.6) is 5.75 Å². The Balaban J connectivity index is 2.01. The van der Waals surface area contributed by atoms with Crippen LogP contribution in [0.1, 0.15) is 23.0 Å². The van der Waals surface area contributed by atoms with Gasteiger partial charge in [0, 0.05) is 17.8 Å². The molecule has 2 aromatic rings. The summed E-state index contributed by atoms with van der Waals surface area (Å²) in [6.07, 6.45) is 1.21. The minimum Gasteiger partial charge on any atom is -0.508 e. The molecular formula is C13H15N3O4. The standard InChI is InChI=1S/C13H15N3O4/c1-2-19-12(18)10-7-20-13(16-10)15-6-8-5-9(14)3-4-11(8)17/h3-5,7,17H,2,6,14H2,1H3,(H,15,16). The van der Waals surface area contributed by atoms with Crippen molar-refractivity contribution in [1.82, 2.24) is 4.98 Å². The Bertz CT molecular complexity index is 609. The summed E-state index contributed by atoms with van der Waals surface area (Å²) in [5.41, 5.74) is 6.86. The summed E-state index contributed by atoms with van der Waals surface area (Å²) in [5.74, 6) is -0.431. The molecule has 1 heterocycles. The van der Waals surface area contributed by atoms with Crippen LogP contribution in [0.25, 0.3) is 0 Å². The van der Waals surface area contributed by atoms with Gasteiger partial charge in [0.05, 0.1) is 6.61 Å². The maximum absolute atomic E-state index is 11.4. The molecule has 0 atom stereocenters. The smallest absolute Gasteiger partial charge is 0.360 e. The number of carbonyl (C=O) groups is 1. The monoisotopic (exact) mass is 277 g/mol. The van der Waals surface area contributed by atoms with E-state index in [1.807, 2.05) is 0 Å². The van der Waals surface area contributed by atoms with E-state index in [1.165, 1.54) is 12.3 Å². The number of nitrogens with zero attached hydrogens (tertiary/aromatic N) is 1. The number of nitrogen functional groups attached to an aromatic ring is 1. The number of esters is 1. The highest BCUT2D eigenvalue weighted by atomic mass is 16.5. The molecule has 0 saturated carbocycles. The molecule has 7 heteroatoms. The molecule has 0 aliphatic rings. The molecule has 0 radical (unpaired) electrons. The number of anilines is 2. The van der Waals surface area contributed by atoms with Crippen molar-refractivity contribution in [3.8, 4) is 5.75 Å². The summed E-state index contributed by atoms with van der Waals surface area (Å²) < 4.78 is 9.88. The second-order valence-electron chi connectivity index (χ2n) is 4.00. The first-order valence-electron chi connectivity index (χ1n) is 6.04. The molecule has 1 aromatic heterocycles. The average molecular weight is 277 g/mol. The molecule has 0 unspecified atom stereocenters. The number of phenolic OH excluding ortho intramolecular Hbond substituents is 1. The maximum atomic E-state index is 11.4. The minimum absolute atomic E-state index is 0.0890. The van der Waals surface area contributed by atoms with Gasteiger partial charge in [0.15, 0.2) is 5.69 Å². The Labute approximate surface area is 115 Å². The van der Waals surface area contributed by atoms with E-state index in [9.17, 15) is 9.90 Å². The minimum atomic E-state index is -0.545. The van der Waals surface area contributed by atoms with Crippen LogP contribution in [0, 0.1) is 0 Å². The molecule has 0 fully saturated rings. The number of oxazole rings is 1. The first-order valence-corrected chi connectivity index (χ1v) is 6.04. The fourth-order valence-electron chi connectivity index (χ4n) is 1.57. The molecule has 0 amide bonds. The number of phenols is 1. The van der Waals surface area contributed by atoms with Crippen LogP contribution in [0.3, 0.4) is 0 Å². The zero-order valence-corrected chi connectivity index (χ0v) is 10.9. The number of benzene rings is 1. The molecule has 4 N–H and O–H groups in total. The van der Waals surface area contributed by atoms with Crippen molar-refractivity contribution in [3.63, 3.8) is 0 Å². The number of hydrogen-bond acceptors (Lipinski definition) is 7. The van der Waals surface area contributed by atoms with Crippen molar-refractivity contribution in [2.45, 2.75) is 13.5 Å². The van der Waals surface area contributed by atoms with E-state index in [0.717, 1.165) is 0 Å². The number of aromatic nitrogens is 1. The van der Waals surface area contributed by atoms with Gasteiger partial charge in [-0.05, 0) is 25.1 Å². The number of ether oxygens (including phenoxy) is 1. The van der Waals surface area contributed by atoms with Crippen molar-refractivity contribution >= 4 is 17.7 Å². The summed E-state index contributed by atoms with van der Waals surface area (Å²) in [6.45, 7) is 2.24. The SMILES string of the molecule is CCOC(=O)c1coc(NCc2cc(N)ccc2O)n1. The summed E-state index contributed by atoms with van der Waals surface area (Å²) in [6, 6.07) is 4.90. The van der Waals surface area contributed by atoms with Crippen molar-refractivity contribution in [3.05, 3.63) is 35.7 Å². The van der Waals surface area contributed by atoms with Gasteiger partial charge in [-0.3, -0.25) is 0 Å². The molecule has 2 rings (SSSR count). The fourth-order valence-corrected chi connectivity index (χ4v) is 1.57. The van der Waals surface area contributed by atoms with Crippen molar-refractivity contribution in [1.29, 1.82) is 0 Å². The first-order chi connectivity index (χ1) is 9.60. The van der Waals surface area contributed by atoms with Crippen molar-refractivity contribution < 1.29 is 19.1 Å². The predicted octanol–water partition coefficient (Wildman–Crippen LogP) is 1.75. The summed E-state index contributed by atoms with van der Waals surface area (Å²) in [5, 5.41) is 12.5. The van der Waals surface area contributed by atoms with Crippen LogP contribution in [0.15, 0.2) is 28.9 Å². The zero-order chi connectivity index (χ0) is 14.5. The zero-order valence-electron chi connectivity index (χ0n) is 10.9. The average Bonchev–Trinajstić information content (AvgIpc) is 2.89. The quantitative estimate of drug-likeness (QED) is 0.433. The lowest BCUT2D eigenvalue weighted by Crippen LogP contribution is -2.06. The lowest BCUT2D eigenvalue weighted by Gasteiger charge is -2.05. The largest absolute Gasteiger partial charge is 0.508 e. The Morgan fingerprint density at radius 1 is 1.55 bits per heavy atom. The van der Waals surface area contributed by atoms with E-state index < -0.39 is 5.97 Å². The van der Waals surface area contributed by atoms with Gasteiger partial charge >= 0.3 is 5.97 Å². The van der Waals surface area contributed by atoms with Gasteiger partial charge in [-0.15, -0.1) is 0 Å². The molecule has 0 spiro atoms. The topological polar surface area (TPSA) is 111 Å². The molecule has 0 aliphatic heterocycles. The second-order valence-corrected chi connectivity index (χ2v) is 4.00. The molecule has 0 saturated heterocycles. The number of nitrogens with one attached hydrogen (secondary N) is 1. The highest BCUT2D eigenvalue weighted by Gasteiger charge is 2.13. The van der Waals surface area contributed by atoms with Gasteiger partial charge in [0.25, 0.3) is 6.01 Å².